The molecule has 8 rings (SSSR count). The molecule has 0 unspecified atom stereocenters. The predicted octanol–water partition coefficient (Wildman–Crippen LogP) is 8.56. The third-order valence-corrected chi connectivity index (χ3v) is 8.21. The maximum Gasteiger partial charge on any atom is 0.164 e. The van der Waals surface area contributed by atoms with Crippen molar-refractivity contribution in [2.45, 2.75) is 0 Å². The zero-order chi connectivity index (χ0) is 26.5. The Morgan fingerprint density at radius 2 is 1.02 bits per heavy atom. The van der Waals surface area contributed by atoms with Gasteiger partial charge >= 0.3 is 0 Å². The molecule has 8 aromatic rings. The zero-order valence-corrected chi connectivity index (χ0v) is 22.1. The molecule has 0 atom stereocenters. The second-order valence-electron chi connectivity index (χ2n) is 9.65. The van der Waals surface area contributed by atoms with E-state index >= 15 is 0 Å². The maximum atomic E-state index is 4.91. The Hall–Kier alpha value is -5.20. The molecule has 0 fully saturated rings. The monoisotopic (exact) mass is 531 g/mol. The van der Waals surface area contributed by atoms with Crippen molar-refractivity contribution in [1.82, 2.24) is 24.3 Å². The average molecular weight is 532 g/mol. The van der Waals surface area contributed by atoms with E-state index in [1.807, 2.05) is 85.1 Å². The molecule has 4 aromatic heterocycles. The Labute approximate surface area is 234 Å². The van der Waals surface area contributed by atoms with Crippen LogP contribution >= 0.6 is 11.3 Å². The molecule has 6 heteroatoms. The molecule has 4 heterocycles. The average Bonchev–Trinajstić information content (AvgIpc) is 3.62. The van der Waals surface area contributed by atoms with Gasteiger partial charge in [0, 0.05) is 54.8 Å². The van der Waals surface area contributed by atoms with Crippen LogP contribution in [0.2, 0.25) is 0 Å². The smallest absolute Gasteiger partial charge is 0.164 e. The second kappa shape index (κ2) is 9.22. The summed E-state index contributed by atoms with van der Waals surface area (Å²) in [6.45, 7) is 0. The van der Waals surface area contributed by atoms with Gasteiger partial charge in [-0.1, -0.05) is 91.0 Å². The van der Waals surface area contributed by atoms with E-state index in [1.54, 1.807) is 11.3 Å². The molecule has 40 heavy (non-hydrogen) atoms. The van der Waals surface area contributed by atoms with Crippen LogP contribution in [0.25, 0.3) is 71.2 Å². The molecule has 0 aliphatic carbocycles. The summed E-state index contributed by atoms with van der Waals surface area (Å²) in [7, 11) is 0. The van der Waals surface area contributed by atoms with Crippen molar-refractivity contribution >= 4 is 37.2 Å². The molecule has 0 bridgehead atoms. The summed E-state index contributed by atoms with van der Waals surface area (Å²) < 4.78 is 4.48. The van der Waals surface area contributed by atoms with E-state index in [-0.39, 0.29) is 0 Å². The summed E-state index contributed by atoms with van der Waals surface area (Å²) in [6.07, 6.45) is 4.11. The minimum absolute atomic E-state index is 0.664. The number of imidazole rings is 1. The highest BCUT2D eigenvalue weighted by molar-refractivity contribution is 7.25. The Morgan fingerprint density at radius 3 is 1.65 bits per heavy atom. The normalized spacial score (nSPS) is 11.5. The summed E-state index contributed by atoms with van der Waals surface area (Å²) in [5.41, 5.74) is 5.92. The van der Waals surface area contributed by atoms with Gasteiger partial charge < -0.3 is 4.40 Å². The highest BCUT2D eigenvalue weighted by Gasteiger charge is 2.14. The first-order valence-corrected chi connectivity index (χ1v) is 13.9. The van der Waals surface area contributed by atoms with Crippen LogP contribution in [0.5, 0.6) is 0 Å². The van der Waals surface area contributed by atoms with Gasteiger partial charge in [-0.3, -0.25) is 0 Å². The Kier molecular flexibility index (Phi) is 5.24. The molecule has 0 N–H and O–H groups in total. The standard InChI is InChI=1S/C34H21N5S/c1-3-9-22(10-4-1)32-36-33(23-11-5-2-6-12-23)38-34(37-32)25-15-17-27-26-16-14-24(19-29(26)40-30(27)20-25)28-21-39-18-8-7-13-31(39)35-28/h1-21H. The molecular formula is C34H21N5S. The summed E-state index contributed by atoms with van der Waals surface area (Å²) in [5, 5.41) is 2.47. The number of aromatic nitrogens is 5. The fourth-order valence-corrected chi connectivity index (χ4v) is 6.27. The lowest BCUT2D eigenvalue weighted by molar-refractivity contribution is 1.07. The molecule has 0 saturated carbocycles. The molecule has 0 amide bonds. The van der Waals surface area contributed by atoms with Crippen LogP contribution in [-0.4, -0.2) is 24.3 Å². The summed E-state index contributed by atoms with van der Waals surface area (Å²) in [5.74, 6) is 1.99. The van der Waals surface area contributed by atoms with E-state index in [0.717, 1.165) is 33.6 Å². The van der Waals surface area contributed by atoms with Crippen molar-refractivity contribution < 1.29 is 0 Å². The number of fused-ring (bicyclic) bond motifs is 4. The van der Waals surface area contributed by atoms with Gasteiger partial charge in [0.15, 0.2) is 17.5 Å². The molecule has 5 nitrogen and oxygen atoms in total. The van der Waals surface area contributed by atoms with Crippen LogP contribution in [0.4, 0.5) is 0 Å². The SMILES string of the molecule is c1ccc(-c2nc(-c3ccccc3)nc(-c3ccc4c(c3)sc3cc(-c5cn6ccccc6n5)ccc34)n2)cc1. The quantitative estimate of drug-likeness (QED) is 0.228. The van der Waals surface area contributed by atoms with E-state index in [9.17, 15) is 0 Å². The van der Waals surface area contributed by atoms with Crippen LogP contribution in [0.15, 0.2) is 128 Å². The second-order valence-corrected chi connectivity index (χ2v) is 10.7. The van der Waals surface area contributed by atoms with Crippen molar-refractivity contribution in [2.24, 2.45) is 0 Å². The first-order chi connectivity index (χ1) is 19.8. The van der Waals surface area contributed by atoms with Gasteiger partial charge in [0.2, 0.25) is 0 Å². The lowest BCUT2D eigenvalue weighted by Crippen LogP contribution is -1.99. The van der Waals surface area contributed by atoms with Crippen LogP contribution in [0.3, 0.4) is 0 Å². The summed E-state index contributed by atoms with van der Waals surface area (Å²) >= 11 is 1.78. The lowest BCUT2D eigenvalue weighted by atomic mass is 10.1. The lowest BCUT2D eigenvalue weighted by Gasteiger charge is -2.08. The third-order valence-electron chi connectivity index (χ3n) is 7.09. The van der Waals surface area contributed by atoms with Gasteiger partial charge in [0.05, 0.1) is 5.69 Å². The van der Waals surface area contributed by atoms with Crippen molar-refractivity contribution in [3.63, 3.8) is 0 Å². The largest absolute Gasteiger partial charge is 0.306 e. The molecule has 4 aromatic carbocycles. The van der Waals surface area contributed by atoms with Gasteiger partial charge in [0.25, 0.3) is 0 Å². The number of pyridine rings is 1. The molecule has 0 aliphatic heterocycles. The minimum atomic E-state index is 0.664. The van der Waals surface area contributed by atoms with Crippen molar-refractivity contribution in [1.29, 1.82) is 0 Å². The topological polar surface area (TPSA) is 56.0 Å². The molecule has 188 valence electrons. The maximum absolute atomic E-state index is 4.91. The number of thiophene rings is 1. The van der Waals surface area contributed by atoms with Gasteiger partial charge in [-0.05, 0) is 24.3 Å². The van der Waals surface area contributed by atoms with Crippen LogP contribution in [0, 0.1) is 0 Å². The van der Waals surface area contributed by atoms with E-state index in [1.165, 1.54) is 20.2 Å². The van der Waals surface area contributed by atoms with Gasteiger partial charge in [-0.15, -0.1) is 11.3 Å². The van der Waals surface area contributed by atoms with Gasteiger partial charge in [-0.2, -0.15) is 0 Å². The van der Waals surface area contributed by atoms with E-state index in [2.05, 4.69) is 47.0 Å². The zero-order valence-electron chi connectivity index (χ0n) is 21.3. The Morgan fingerprint density at radius 1 is 0.475 bits per heavy atom. The molecule has 0 saturated heterocycles. The molecule has 0 aliphatic rings. The fourth-order valence-electron chi connectivity index (χ4n) is 5.09. The molecule has 0 spiro atoms. The molecule has 0 radical (unpaired) electrons. The van der Waals surface area contributed by atoms with Crippen LogP contribution in [0.1, 0.15) is 0 Å². The summed E-state index contributed by atoms with van der Waals surface area (Å²) in [6, 6.07) is 39.3. The minimum Gasteiger partial charge on any atom is -0.306 e. The van der Waals surface area contributed by atoms with Crippen molar-refractivity contribution in [2.75, 3.05) is 0 Å². The first kappa shape index (κ1) is 22.8. The van der Waals surface area contributed by atoms with Crippen LogP contribution in [-0.2, 0) is 0 Å². The summed E-state index contributed by atoms with van der Waals surface area (Å²) in [4.78, 5) is 19.4. The third kappa shape index (κ3) is 3.94. The van der Waals surface area contributed by atoms with Gasteiger partial charge in [0.1, 0.15) is 5.65 Å². The Balaban J connectivity index is 1.25. The van der Waals surface area contributed by atoms with Crippen molar-refractivity contribution in [3.05, 3.63) is 128 Å². The molecular weight excluding hydrogens is 510 g/mol. The van der Waals surface area contributed by atoms with E-state index in [0.29, 0.717) is 17.5 Å². The van der Waals surface area contributed by atoms with Crippen molar-refractivity contribution in [3.8, 4) is 45.4 Å². The van der Waals surface area contributed by atoms with Gasteiger partial charge in [-0.25, -0.2) is 19.9 Å². The number of benzene rings is 4. The fraction of sp³-hybridized carbons (Fsp3) is 0. The van der Waals surface area contributed by atoms with Crippen LogP contribution < -0.4 is 0 Å². The Bertz CT molecular complexity index is 2070. The predicted molar refractivity (Wildman–Crippen MR) is 163 cm³/mol. The first-order valence-electron chi connectivity index (χ1n) is 13.1. The van der Waals surface area contributed by atoms with E-state index < -0.39 is 0 Å². The highest BCUT2D eigenvalue weighted by atomic mass is 32.1. The number of nitrogens with zero attached hydrogens (tertiary/aromatic N) is 5. The number of hydrogen-bond donors (Lipinski definition) is 0. The highest BCUT2D eigenvalue weighted by Crippen LogP contribution is 2.38. The number of hydrogen-bond acceptors (Lipinski definition) is 5. The number of rotatable bonds is 4. The van der Waals surface area contributed by atoms with E-state index in [4.69, 9.17) is 19.9 Å².